The van der Waals surface area contributed by atoms with Crippen molar-refractivity contribution < 1.29 is 81.1 Å². The largest absolute Gasteiger partial charge is 0.429 e. The van der Waals surface area contributed by atoms with Gasteiger partial charge in [-0.05, 0) is 131 Å². The third-order valence-corrected chi connectivity index (χ3v) is 16.0. The summed E-state index contributed by atoms with van der Waals surface area (Å²) in [5, 5.41) is 2.27. The molecule has 0 aliphatic heterocycles. The summed E-state index contributed by atoms with van der Waals surface area (Å²) < 4.78 is 7.55. The molecule has 11 rings (SSSR count). The Kier molecular flexibility index (Phi) is 29.7. The number of rotatable bonds is 15. The molecule has 0 spiro atoms. The van der Waals surface area contributed by atoms with Gasteiger partial charge in [-0.1, -0.05) is 204 Å². The smallest absolute Gasteiger partial charge is 0.353 e. The van der Waals surface area contributed by atoms with Gasteiger partial charge >= 0.3 is 5.82 Å². The Morgan fingerprint density at radius 1 is 0.584 bits per heavy atom. The van der Waals surface area contributed by atoms with E-state index in [1.807, 2.05) is 101 Å². The summed E-state index contributed by atoms with van der Waals surface area (Å²) in [5.41, 5.74) is 10.6. The molecule has 0 saturated carbocycles. The van der Waals surface area contributed by atoms with E-state index in [9.17, 15) is 0 Å². The first kappa shape index (κ1) is 75.0. The molecule has 17 heteroatoms. The summed E-state index contributed by atoms with van der Waals surface area (Å²) in [7, 11) is 0. The van der Waals surface area contributed by atoms with E-state index < -0.39 is 0 Å². The molecule has 0 N–H and O–H groups in total. The Morgan fingerprint density at radius 2 is 1.18 bits per heavy atom. The quantitative estimate of drug-likeness (QED) is 0.0741. The van der Waals surface area contributed by atoms with Crippen LogP contribution in [0.5, 0.6) is 0 Å². The van der Waals surface area contributed by atoms with Gasteiger partial charge in [-0.25, -0.2) is 0 Å². The van der Waals surface area contributed by atoms with Crippen molar-refractivity contribution >= 4 is 44.5 Å². The molecule has 0 aliphatic rings. The molecular formula is C72H79IrN13PdPtRh-4. The second kappa shape index (κ2) is 35.2. The average Bonchev–Trinajstić information content (AvgIpc) is 2.08. The van der Waals surface area contributed by atoms with E-state index >= 15 is 0 Å². The maximum atomic E-state index is 7.17. The number of fused-ring (bicyclic) bond motifs is 3. The number of nitrogens with zero attached hydrogens (tertiary/aromatic N) is 13. The van der Waals surface area contributed by atoms with Crippen LogP contribution in [0.1, 0.15) is 167 Å². The van der Waals surface area contributed by atoms with Gasteiger partial charge in [0, 0.05) is 124 Å². The summed E-state index contributed by atoms with van der Waals surface area (Å²) in [5.74, 6) is 6.72. The summed E-state index contributed by atoms with van der Waals surface area (Å²) in [6.45, 7) is 43.2. The van der Waals surface area contributed by atoms with Crippen LogP contribution in [0.15, 0.2) is 146 Å². The molecule has 2 radical (unpaired) electrons. The molecule has 0 aliphatic carbocycles. The predicted molar refractivity (Wildman–Crippen MR) is 344 cm³/mol. The van der Waals surface area contributed by atoms with Gasteiger partial charge in [0.15, 0.2) is 0 Å². The molecule has 13 nitrogen and oxygen atoms in total. The van der Waals surface area contributed by atoms with E-state index in [2.05, 4.69) is 208 Å². The SMILES string of the molecule is CCC(C)C(C)c1c2ncccc2[c-]n1-c1ccccn1.CCC(C)c1ccc2c(c[c-]n2-c2ccccn2)c1.CCC(C)c1ccnc(-n2[c-]cc3nc(C(CC)C(C)C)ccc32)c1.[C-]#[N+]c1n[c-]n(-c2cc(CC(C)(C)C)ccn2)c1[N+]#[C-].[Ir].[Pd].[Pt].[Rh]. The monoisotopic (exact) mass is 1720 g/mol. The third-order valence-electron chi connectivity index (χ3n) is 16.0. The van der Waals surface area contributed by atoms with Gasteiger partial charge in [0.05, 0.1) is 17.5 Å². The van der Waals surface area contributed by atoms with Gasteiger partial charge < -0.3 is 33.4 Å². The molecule has 0 bridgehead atoms. The molecule has 1 aromatic carbocycles. The fourth-order valence-electron chi connectivity index (χ4n) is 10.4. The van der Waals surface area contributed by atoms with E-state index in [0.717, 1.165) is 82.6 Å². The summed E-state index contributed by atoms with van der Waals surface area (Å²) >= 11 is 0. The standard InChI is InChI=1S/C22H28N3.C18H20N3.C17H17N2.C15H14N5.Ir.Pd.Pt.Rh/c1-6-16(5)17-10-12-23-22(14-17)25-13-11-20-21(25)9-8-19(24-20)18(7-2)15(3)4;1-4-13(2)14(3)18-17-15(8-7-11-20-17)12-21(18)16-9-5-6-10-19-16;1-3-13(2)14-7-8-16-15(12-14)9-11-19(16)17-6-4-5-10-18-17;1-15(2,3)9-11-6-7-18-12(8-11)20-10-19-13(16-4)14(20)17-5;;;;/h8-12,14-16,18H,6-7H2,1-5H3;5-11,13-14H,4H2,1-3H3;4-10,12-13H,3H2,1-2H3;6-8H,9H2,1-3H3;;;;/q4*-1;;;;. The minimum absolute atomic E-state index is 0. The number of aromatic nitrogens is 11. The number of benzene rings is 1. The Hall–Kier alpha value is -6.45. The minimum Gasteiger partial charge on any atom is -0.429 e. The number of hydrogen-bond acceptors (Lipinski definition) is 7. The summed E-state index contributed by atoms with van der Waals surface area (Å²) in [4.78, 5) is 37.5. The minimum atomic E-state index is 0. The Balaban J connectivity index is 0.000000251. The second-order valence-electron chi connectivity index (χ2n) is 23.5. The Bertz CT molecular complexity index is 4040. The molecule has 474 valence electrons. The van der Waals surface area contributed by atoms with E-state index in [4.69, 9.17) is 18.1 Å². The second-order valence-corrected chi connectivity index (χ2v) is 23.5. The molecule has 5 atom stereocenters. The van der Waals surface area contributed by atoms with Crippen molar-refractivity contribution in [2.75, 3.05) is 0 Å². The van der Waals surface area contributed by atoms with Crippen LogP contribution in [0, 0.1) is 55.3 Å². The maximum absolute atomic E-state index is 7.17. The van der Waals surface area contributed by atoms with Crippen molar-refractivity contribution in [3.63, 3.8) is 0 Å². The average molecular weight is 1720 g/mol. The van der Waals surface area contributed by atoms with Crippen molar-refractivity contribution in [3.8, 4) is 23.3 Å². The van der Waals surface area contributed by atoms with Crippen LogP contribution in [0.3, 0.4) is 0 Å². The zero-order valence-electron chi connectivity index (χ0n) is 53.0. The first-order valence-electron chi connectivity index (χ1n) is 29.8. The molecule has 11 aromatic rings. The molecule has 89 heavy (non-hydrogen) atoms. The molecule has 0 saturated heterocycles. The fourth-order valence-corrected chi connectivity index (χ4v) is 10.4. The predicted octanol–water partition coefficient (Wildman–Crippen LogP) is 18.3. The normalized spacial score (nSPS) is 12.5. The zero-order valence-corrected chi connectivity index (χ0v) is 60.8. The Morgan fingerprint density at radius 3 is 1.78 bits per heavy atom. The van der Waals surface area contributed by atoms with Crippen molar-refractivity contribution in [1.29, 1.82) is 0 Å². The fraction of sp³-hybridized carbons (Fsp3) is 0.347. The van der Waals surface area contributed by atoms with E-state index in [-0.39, 0.29) is 98.1 Å². The third kappa shape index (κ3) is 18.6. The number of imidazole rings is 1. The van der Waals surface area contributed by atoms with Crippen LogP contribution >= 0.6 is 0 Å². The van der Waals surface area contributed by atoms with Gasteiger partial charge in [-0.2, -0.15) is 0 Å². The molecule has 10 aromatic heterocycles. The number of hydrogen-bond donors (Lipinski definition) is 0. The van der Waals surface area contributed by atoms with Crippen molar-refractivity contribution in [1.82, 2.24) is 53.2 Å². The Labute approximate surface area is 582 Å². The van der Waals surface area contributed by atoms with Gasteiger partial charge in [0.2, 0.25) is 0 Å². The summed E-state index contributed by atoms with van der Waals surface area (Å²) in [6, 6.07) is 39.0. The molecule has 0 fully saturated rings. The van der Waals surface area contributed by atoms with Crippen molar-refractivity contribution in [2.45, 2.75) is 146 Å². The van der Waals surface area contributed by atoms with Crippen molar-refractivity contribution in [3.05, 3.63) is 222 Å². The zero-order chi connectivity index (χ0) is 60.8. The molecule has 0 amide bonds. The molecule has 5 unspecified atom stereocenters. The van der Waals surface area contributed by atoms with Gasteiger partial charge in [0.1, 0.15) is 5.82 Å². The summed E-state index contributed by atoms with van der Waals surface area (Å²) in [6.07, 6.45) is 27.2. The molecule has 10 heterocycles. The topological polar surface area (TPSA) is 119 Å². The van der Waals surface area contributed by atoms with E-state index in [0.29, 0.717) is 41.3 Å². The van der Waals surface area contributed by atoms with Crippen LogP contribution < -0.4 is 0 Å². The van der Waals surface area contributed by atoms with Gasteiger partial charge in [0.25, 0.3) is 12.1 Å². The van der Waals surface area contributed by atoms with Gasteiger partial charge in [-0.15, -0.1) is 29.7 Å². The van der Waals surface area contributed by atoms with Crippen molar-refractivity contribution in [2.24, 2.45) is 17.3 Å². The van der Waals surface area contributed by atoms with E-state index in [1.54, 1.807) is 6.20 Å². The van der Waals surface area contributed by atoms with Crippen LogP contribution in [0.4, 0.5) is 11.6 Å². The number of pyridine rings is 6. The van der Waals surface area contributed by atoms with E-state index in [1.165, 1.54) is 32.5 Å². The molecular weight excluding hydrogens is 1640 g/mol. The van der Waals surface area contributed by atoms with Crippen LogP contribution in [-0.4, -0.2) is 53.2 Å². The van der Waals surface area contributed by atoms with Crippen LogP contribution in [0.25, 0.3) is 65.8 Å². The van der Waals surface area contributed by atoms with Crippen LogP contribution in [-0.2, 0) is 87.5 Å². The maximum Gasteiger partial charge on any atom is 0.353 e. The first-order chi connectivity index (χ1) is 41.0. The first-order valence-corrected chi connectivity index (χ1v) is 29.8. The van der Waals surface area contributed by atoms with Crippen LogP contribution in [0.2, 0.25) is 0 Å². The van der Waals surface area contributed by atoms with Gasteiger partial charge in [-0.3, -0.25) is 24.5 Å².